The zero-order valence-electron chi connectivity index (χ0n) is 18.1. The van der Waals surface area contributed by atoms with Crippen LogP contribution in [0.1, 0.15) is 23.2 Å². The molecule has 9 nitrogen and oxygen atoms in total. The second kappa shape index (κ2) is 8.70. The lowest BCUT2D eigenvalue weighted by Gasteiger charge is -2.12. The van der Waals surface area contributed by atoms with Crippen LogP contribution < -0.4 is 15.8 Å². The highest BCUT2D eigenvalue weighted by Crippen LogP contribution is 2.32. The third-order valence-electron chi connectivity index (χ3n) is 5.57. The third-order valence-corrected chi connectivity index (χ3v) is 6.65. The van der Waals surface area contributed by atoms with Gasteiger partial charge < -0.3 is 10.6 Å². The van der Waals surface area contributed by atoms with Crippen LogP contribution in [0.4, 0.5) is 14.6 Å². The molecule has 1 amide bonds. The summed E-state index contributed by atoms with van der Waals surface area (Å²) in [6.07, 6.45) is 3.38. The maximum Gasteiger partial charge on any atom is 0.253 e. The van der Waals surface area contributed by atoms with Gasteiger partial charge in [0.15, 0.2) is 23.1 Å². The molecular formula is C22H19ClF2N6O3S. The predicted octanol–water partition coefficient (Wildman–Crippen LogP) is 3.07. The standard InChI is InChI=1S/C22H19ClF2N6O3S/c23-14-7-11(1-4-13(14)22(32)29-12-2-3-12)19-10-28-21-20(27-5-6-35(26,33)34)30-17-8-15(24)16(25)9-18(17)31(19)21/h1,4,7-10,12H,2-3,5-6H2,(H,27,30)(H,29,32)(H2,26,33,34). The van der Waals surface area contributed by atoms with Gasteiger partial charge in [0.25, 0.3) is 5.91 Å². The maximum absolute atomic E-state index is 14.2. The molecule has 35 heavy (non-hydrogen) atoms. The van der Waals surface area contributed by atoms with Gasteiger partial charge >= 0.3 is 0 Å². The summed E-state index contributed by atoms with van der Waals surface area (Å²) in [5.41, 5.74) is 1.96. The number of hydrogen-bond donors (Lipinski definition) is 3. The molecule has 2 aromatic carbocycles. The van der Waals surface area contributed by atoms with Gasteiger partial charge in [-0.15, -0.1) is 0 Å². The van der Waals surface area contributed by atoms with E-state index in [0.29, 0.717) is 16.8 Å². The van der Waals surface area contributed by atoms with Crippen LogP contribution in [0.3, 0.4) is 0 Å². The number of hydrogen-bond acceptors (Lipinski definition) is 6. The van der Waals surface area contributed by atoms with Crippen LogP contribution in [0.15, 0.2) is 36.5 Å². The molecule has 0 atom stereocenters. The molecule has 2 heterocycles. The average Bonchev–Trinajstić information content (AvgIpc) is 3.48. The molecule has 1 aliphatic rings. The Morgan fingerprint density at radius 2 is 1.94 bits per heavy atom. The molecule has 2 aromatic heterocycles. The predicted molar refractivity (Wildman–Crippen MR) is 128 cm³/mol. The molecule has 0 radical (unpaired) electrons. The topological polar surface area (TPSA) is 131 Å². The summed E-state index contributed by atoms with van der Waals surface area (Å²) in [7, 11) is -3.73. The van der Waals surface area contributed by atoms with Crippen LogP contribution in [0.25, 0.3) is 27.9 Å². The van der Waals surface area contributed by atoms with Crippen molar-refractivity contribution >= 4 is 50.0 Å². The fourth-order valence-electron chi connectivity index (χ4n) is 3.71. The normalized spacial score (nSPS) is 13.9. The van der Waals surface area contributed by atoms with Crippen LogP contribution in [-0.4, -0.2) is 47.0 Å². The Balaban J connectivity index is 1.62. The van der Waals surface area contributed by atoms with Crippen molar-refractivity contribution in [2.45, 2.75) is 18.9 Å². The summed E-state index contributed by atoms with van der Waals surface area (Å²) in [6, 6.07) is 6.97. The smallest absolute Gasteiger partial charge is 0.253 e. The van der Waals surface area contributed by atoms with Gasteiger partial charge in [0, 0.05) is 30.3 Å². The molecule has 4 N–H and O–H groups in total. The number of primary sulfonamides is 1. The van der Waals surface area contributed by atoms with Crippen molar-refractivity contribution in [2.24, 2.45) is 5.14 Å². The SMILES string of the molecule is NS(=O)(=O)CCNc1nc2cc(F)c(F)cc2n2c(-c3ccc(C(=O)NC4CC4)c(Cl)c3)cnc12. The quantitative estimate of drug-likeness (QED) is 0.343. The summed E-state index contributed by atoms with van der Waals surface area (Å²) < 4.78 is 52.3. The van der Waals surface area contributed by atoms with Gasteiger partial charge in [0.2, 0.25) is 10.0 Å². The number of nitrogens with two attached hydrogens (primary N) is 1. The van der Waals surface area contributed by atoms with Crippen molar-refractivity contribution in [2.75, 3.05) is 17.6 Å². The first-order valence-corrected chi connectivity index (χ1v) is 12.7. The van der Waals surface area contributed by atoms with Gasteiger partial charge in [0.05, 0.1) is 39.3 Å². The minimum Gasteiger partial charge on any atom is -0.366 e. The first-order chi connectivity index (χ1) is 16.6. The van der Waals surface area contributed by atoms with E-state index in [1.165, 1.54) is 6.20 Å². The lowest BCUT2D eigenvalue weighted by atomic mass is 10.1. The van der Waals surface area contributed by atoms with Crippen LogP contribution in [-0.2, 0) is 10.0 Å². The maximum atomic E-state index is 14.2. The molecule has 0 unspecified atom stereocenters. The van der Waals surface area contributed by atoms with Crippen molar-refractivity contribution in [1.29, 1.82) is 0 Å². The number of carbonyl (C=O) groups excluding carboxylic acids is 1. The molecule has 1 saturated carbocycles. The van der Waals surface area contributed by atoms with E-state index in [0.717, 1.165) is 25.0 Å². The number of sulfonamides is 1. The molecule has 0 spiro atoms. The second-order valence-corrected chi connectivity index (χ2v) is 10.4. The van der Waals surface area contributed by atoms with Crippen LogP contribution in [0, 0.1) is 11.6 Å². The van der Waals surface area contributed by atoms with E-state index < -0.39 is 21.7 Å². The van der Waals surface area contributed by atoms with E-state index in [9.17, 15) is 22.0 Å². The van der Waals surface area contributed by atoms with Crippen molar-refractivity contribution in [3.8, 4) is 11.3 Å². The highest BCUT2D eigenvalue weighted by molar-refractivity contribution is 7.89. The van der Waals surface area contributed by atoms with E-state index >= 15 is 0 Å². The lowest BCUT2D eigenvalue weighted by molar-refractivity contribution is 0.0951. The van der Waals surface area contributed by atoms with Crippen LogP contribution >= 0.6 is 11.6 Å². The van der Waals surface area contributed by atoms with E-state index in [-0.39, 0.29) is 51.8 Å². The number of aromatic nitrogens is 3. The molecule has 1 fully saturated rings. The number of benzene rings is 2. The van der Waals surface area contributed by atoms with Gasteiger partial charge in [-0.25, -0.2) is 32.3 Å². The van der Waals surface area contributed by atoms with Gasteiger partial charge in [-0.3, -0.25) is 9.20 Å². The number of carbonyl (C=O) groups is 1. The molecular weight excluding hydrogens is 502 g/mol. The Kier molecular flexibility index (Phi) is 5.82. The molecule has 1 aliphatic carbocycles. The summed E-state index contributed by atoms with van der Waals surface area (Å²) in [6.45, 7) is -0.0739. The van der Waals surface area contributed by atoms with E-state index in [1.54, 1.807) is 22.6 Å². The number of nitrogens with zero attached hydrogens (tertiary/aromatic N) is 3. The molecule has 4 aromatic rings. The number of nitrogens with one attached hydrogen (secondary N) is 2. The summed E-state index contributed by atoms with van der Waals surface area (Å²) >= 11 is 6.41. The van der Waals surface area contributed by atoms with E-state index in [2.05, 4.69) is 20.6 Å². The van der Waals surface area contributed by atoms with E-state index in [4.69, 9.17) is 16.7 Å². The first-order valence-electron chi connectivity index (χ1n) is 10.6. The highest BCUT2D eigenvalue weighted by atomic mass is 35.5. The number of fused-ring (bicyclic) bond motifs is 3. The second-order valence-electron chi connectivity index (χ2n) is 8.25. The fourth-order valence-corrected chi connectivity index (χ4v) is 4.36. The zero-order chi connectivity index (χ0) is 24.9. The number of amides is 1. The lowest BCUT2D eigenvalue weighted by Crippen LogP contribution is -2.25. The Labute approximate surface area is 203 Å². The number of imidazole rings is 1. The summed E-state index contributed by atoms with van der Waals surface area (Å²) in [5.74, 6) is -2.64. The first kappa shape index (κ1) is 23.4. The third kappa shape index (κ3) is 4.77. The van der Waals surface area contributed by atoms with Crippen molar-refractivity contribution in [3.05, 3.63) is 58.7 Å². The van der Waals surface area contributed by atoms with Gasteiger partial charge in [-0.05, 0) is 25.0 Å². The highest BCUT2D eigenvalue weighted by Gasteiger charge is 2.25. The van der Waals surface area contributed by atoms with Crippen molar-refractivity contribution < 1.29 is 22.0 Å². The largest absolute Gasteiger partial charge is 0.366 e. The molecule has 0 bridgehead atoms. The molecule has 182 valence electrons. The minimum atomic E-state index is -3.73. The Morgan fingerprint density at radius 3 is 2.63 bits per heavy atom. The monoisotopic (exact) mass is 520 g/mol. The van der Waals surface area contributed by atoms with E-state index in [1.807, 2.05) is 0 Å². The number of anilines is 1. The van der Waals surface area contributed by atoms with Gasteiger partial charge in [0.1, 0.15) is 0 Å². The minimum absolute atomic E-state index is 0.0739. The average molecular weight is 521 g/mol. The molecule has 0 aliphatic heterocycles. The van der Waals surface area contributed by atoms with Crippen LogP contribution in [0.2, 0.25) is 5.02 Å². The fraction of sp³-hybridized carbons (Fsp3) is 0.227. The number of halogens is 3. The van der Waals surface area contributed by atoms with Crippen LogP contribution in [0.5, 0.6) is 0 Å². The van der Waals surface area contributed by atoms with Crippen molar-refractivity contribution in [1.82, 2.24) is 19.7 Å². The molecule has 13 heteroatoms. The van der Waals surface area contributed by atoms with Gasteiger partial charge in [-0.2, -0.15) is 0 Å². The summed E-state index contributed by atoms with van der Waals surface area (Å²) in [4.78, 5) is 21.1. The Morgan fingerprint density at radius 1 is 1.20 bits per heavy atom. The van der Waals surface area contributed by atoms with Gasteiger partial charge in [-0.1, -0.05) is 17.7 Å². The Bertz CT molecular complexity index is 1600. The Hall–Kier alpha value is -3.35. The zero-order valence-corrected chi connectivity index (χ0v) is 19.6. The number of rotatable bonds is 7. The summed E-state index contributed by atoms with van der Waals surface area (Å²) in [5, 5.41) is 11.0. The van der Waals surface area contributed by atoms with Crippen molar-refractivity contribution in [3.63, 3.8) is 0 Å². The molecule has 0 saturated heterocycles. The molecule has 5 rings (SSSR count).